The lowest BCUT2D eigenvalue weighted by Crippen LogP contribution is -2.34. The first-order valence-corrected chi connectivity index (χ1v) is 11.7. The van der Waals surface area contributed by atoms with Crippen LogP contribution in [0, 0.1) is 0 Å². The molecule has 2 aliphatic heterocycles. The number of nitrogens with one attached hydrogen (secondary N) is 1. The SMILES string of the molecule is CSc1ccc(/C=N/Nc2nc(N3CCCCC3)nc(N3CCCCC3)n2)cc1. The van der Waals surface area contributed by atoms with Crippen LogP contribution in [0.5, 0.6) is 0 Å². The molecule has 0 aliphatic carbocycles. The molecule has 2 aromatic rings. The number of thioether (sulfide) groups is 1. The minimum Gasteiger partial charge on any atom is -0.341 e. The van der Waals surface area contributed by atoms with Crippen LogP contribution in [-0.4, -0.2) is 53.6 Å². The number of hydrazone groups is 1. The maximum atomic E-state index is 4.80. The first-order valence-electron chi connectivity index (χ1n) is 10.5. The zero-order chi connectivity index (χ0) is 19.9. The molecule has 0 radical (unpaired) electrons. The molecule has 1 N–H and O–H groups in total. The van der Waals surface area contributed by atoms with Crippen LogP contribution >= 0.6 is 11.8 Å². The molecule has 1 aromatic heterocycles. The molecule has 154 valence electrons. The Morgan fingerprint density at radius 3 is 1.90 bits per heavy atom. The van der Waals surface area contributed by atoms with Crippen molar-refractivity contribution in [2.24, 2.45) is 5.10 Å². The molecule has 29 heavy (non-hydrogen) atoms. The molecular formula is C21H29N7S. The molecule has 0 spiro atoms. The lowest BCUT2D eigenvalue weighted by Gasteiger charge is -2.30. The molecule has 0 bridgehead atoms. The van der Waals surface area contributed by atoms with E-state index >= 15 is 0 Å². The van der Waals surface area contributed by atoms with Gasteiger partial charge in [0.15, 0.2) is 0 Å². The molecule has 4 rings (SSSR count). The fourth-order valence-electron chi connectivity index (χ4n) is 3.73. The molecular weight excluding hydrogens is 382 g/mol. The molecule has 0 saturated carbocycles. The highest BCUT2D eigenvalue weighted by atomic mass is 32.2. The van der Waals surface area contributed by atoms with Crippen molar-refractivity contribution in [2.75, 3.05) is 47.7 Å². The second-order valence-electron chi connectivity index (χ2n) is 7.50. The van der Waals surface area contributed by atoms with Gasteiger partial charge in [-0.15, -0.1) is 11.8 Å². The number of benzene rings is 1. The van der Waals surface area contributed by atoms with E-state index in [1.54, 1.807) is 18.0 Å². The minimum atomic E-state index is 0.512. The second kappa shape index (κ2) is 9.91. The van der Waals surface area contributed by atoms with Gasteiger partial charge >= 0.3 is 0 Å². The highest BCUT2D eigenvalue weighted by Crippen LogP contribution is 2.22. The Bertz CT molecular complexity index is 776. The Kier molecular flexibility index (Phi) is 6.82. The summed E-state index contributed by atoms with van der Waals surface area (Å²) in [7, 11) is 0. The van der Waals surface area contributed by atoms with Crippen molar-refractivity contribution >= 4 is 35.8 Å². The van der Waals surface area contributed by atoms with Gasteiger partial charge in [0.25, 0.3) is 0 Å². The molecule has 1 aromatic carbocycles. The predicted octanol–water partition coefficient (Wildman–Crippen LogP) is 4.02. The van der Waals surface area contributed by atoms with Gasteiger partial charge in [-0.1, -0.05) is 12.1 Å². The molecule has 8 heteroatoms. The van der Waals surface area contributed by atoms with E-state index in [9.17, 15) is 0 Å². The summed E-state index contributed by atoms with van der Waals surface area (Å²) in [5, 5.41) is 4.37. The van der Waals surface area contributed by atoms with E-state index in [-0.39, 0.29) is 0 Å². The van der Waals surface area contributed by atoms with Crippen LogP contribution in [0.1, 0.15) is 44.1 Å². The van der Waals surface area contributed by atoms with Crippen LogP contribution in [0.15, 0.2) is 34.3 Å². The van der Waals surface area contributed by atoms with Gasteiger partial charge in [-0.3, -0.25) is 0 Å². The highest BCUT2D eigenvalue weighted by Gasteiger charge is 2.20. The van der Waals surface area contributed by atoms with Crippen molar-refractivity contribution in [3.8, 4) is 0 Å². The molecule has 7 nitrogen and oxygen atoms in total. The smallest absolute Gasteiger partial charge is 0.250 e. The topological polar surface area (TPSA) is 69.5 Å². The quantitative estimate of drug-likeness (QED) is 0.437. The van der Waals surface area contributed by atoms with Crippen molar-refractivity contribution in [3.63, 3.8) is 0 Å². The number of hydrogen-bond donors (Lipinski definition) is 1. The van der Waals surface area contributed by atoms with Crippen molar-refractivity contribution in [2.45, 2.75) is 43.4 Å². The number of aromatic nitrogens is 3. The van der Waals surface area contributed by atoms with Crippen LogP contribution in [0.2, 0.25) is 0 Å². The van der Waals surface area contributed by atoms with Gasteiger partial charge in [-0.25, -0.2) is 5.43 Å². The Morgan fingerprint density at radius 2 is 1.38 bits per heavy atom. The lowest BCUT2D eigenvalue weighted by molar-refractivity contribution is 0.556. The summed E-state index contributed by atoms with van der Waals surface area (Å²) in [6.45, 7) is 4.03. The summed E-state index contributed by atoms with van der Waals surface area (Å²) < 4.78 is 0. The van der Waals surface area contributed by atoms with Gasteiger partial charge in [-0.2, -0.15) is 20.1 Å². The zero-order valence-corrected chi connectivity index (χ0v) is 17.9. The minimum absolute atomic E-state index is 0.512. The Balaban J connectivity index is 1.52. The highest BCUT2D eigenvalue weighted by molar-refractivity contribution is 7.98. The number of rotatable bonds is 6. The Hall–Kier alpha value is -2.35. The molecule has 0 atom stereocenters. The van der Waals surface area contributed by atoms with Crippen LogP contribution in [0.25, 0.3) is 0 Å². The standard InChI is InChI=1S/C21H29N7S/c1-29-18-10-8-17(9-11-18)16-22-26-19-23-20(27-12-4-2-5-13-27)25-21(24-19)28-14-6-3-7-15-28/h8-11,16H,2-7,12-15H2,1H3,(H,23,24,25,26)/b22-16+. The van der Waals surface area contributed by atoms with Crippen LogP contribution < -0.4 is 15.2 Å². The van der Waals surface area contributed by atoms with E-state index in [2.05, 4.69) is 60.8 Å². The van der Waals surface area contributed by atoms with Gasteiger partial charge in [0, 0.05) is 31.1 Å². The van der Waals surface area contributed by atoms with E-state index in [1.807, 2.05) is 0 Å². The fraction of sp³-hybridized carbons (Fsp3) is 0.524. The molecule has 0 unspecified atom stereocenters. The van der Waals surface area contributed by atoms with E-state index in [0.717, 1.165) is 43.6 Å². The Labute approximate surface area is 177 Å². The molecule has 3 heterocycles. The number of piperidine rings is 2. The van der Waals surface area contributed by atoms with Gasteiger partial charge in [0.1, 0.15) is 0 Å². The largest absolute Gasteiger partial charge is 0.341 e. The van der Waals surface area contributed by atoms with Gasteiger partial charge in [0.2, 0.25) is 17.8 Å². The summed E-state index contributed by atoms with van der Waals surface area (Å²) >= 11 is 1.73. The van der Waals surface area contributed by atoms with E-state index in [4.69, 9.17) is 4.98 Å². The third-order valence-corrected chi connectivity index (χ3v) is 6.13. The molecule has 2 aliphatic rings. The summed E-state index contributed by atoms with van der Waals surface area (Å²) in [5.41, 5.74) is 4.07. The monoisotopic (exact) mass is 411 g/mol. The number of nitrogens with zero attached hydrogens (tertiary/aromatic N) is 6. The molecule has 0 amide bonds. The summed E-state index contributed by atoms with van der Waals surface area (Å²) in [6, 6.07) is 8.31. The normalized spacial score (nSPS) is 17.7. The molecule has 2 fully saturated rings. The van der Waals surface area contributed by atoms with E-state index in [0.29, 0.717) is 5.95 Å². The number of anilines is 3. The van der Waals surface area contributed by atoms with E-state index < -0.39 is 0 Å². The fourth-order valence-corrected chi connectivity index (χ4v) is 4.14. The summed E-state index contributed by atoms with van der Waals surface area (Å²) in [5.74, 6) is 2.04. The lowest BCUT2D eigenvalue weighted by atomic mass is 10.1. The Morgan fingerprint density at radius 1 is 0.828 bits per heavy atom. The van der Waals surface area contributed by atoms with Crippen molar-refractivity contribution in [1.82, 2.24) is 15.0 Å². The van der Waals surface area contributed by atoms with Crippen LogP contribution in [-0.2, 0) is 0 Å². The predicted molar refractivity (Wildman–Crippen MR) is 121 cm³/mol. The van der Waals surface area contributed by atoms with Gasteiger partial charge in [-0.05, 0) is 62.5 Å². The van der Waals surface area contributed by atoms with Crippen LogP contribution in [0.4, 0.5) is 17.8 Å². The second-order valence-corrected chi connectivity index (χ2v) is 8.38. The first kappa shape index (κ1) is 19.9. The maximum Gasteiger partial charge on any atom is 0.250 e. The van der Waals surface area contributed by atoms with Crippen molar-refractivity contribution in [1.29, 1.82) is 0 Å². The van der Waals surface area contributed by atoms with Crippen LogP contribution in [0.3, 0.4) is 0 Å². The maximum absolute atomic E-state index is 4.80. The number of hydrogen-bond acceptors (Lipinski definition) is 8. The first-order chi connectivity index (χ1) is 14.3. The zero-order valence-electron chi connectivity index (χ0n) is 17.0. The average Bonchev–Trinajstić information content (AvgIpc) is 2.80. The van der Waals surface area contributed by atoms with Crippen molar-refractivity contribution < 1.29 is 0 Å². The average molecular weight is 412 g/mol. The van der Waals surface area contributed by atoms with Gasteiger partial charge in [0.05, 0.1) is 6.21 Å². The molecule has 2 saturated heterocycles. The third-order valence-electron chi connectivity index (χ3n) is 5.38. The third kappa shape index (κ3) is 5.38. The summed E-state index contributed by atoms with van der Waals surface area (Å²) in [6.07, 6.45) is 11.2. The van der Waals surface area contributed by atoms with Gasteiger partial charge < -0.3 is 9.80 Å². The van der Waals surface area contributed by atoms with Crippen molar-refractivity contribution in [3.05, 3.63) is 29.8 Å². The summed E-state index contributed by atoms with van der Waals surface area (Å²) in [4.78, 5) is 19.9. The van der Waals surface area contributed by atoms with E-state index in [1.165, 1.54) is 43.4 Å².